The highest BCUT2D eigenvalue weighted by molar-refractivity contribution is 5.56. The predicted octanol–water partition coefficient (Wildman–Crippen LogP) is 0.940. The van der Waals surface area contributed by atoms with Gasteiger partial charge in [0.2, 0.25) is 0 Å². The van der Waals surface area contributed by atoms with Gasteiger partial charge >= 0.3 is 0 Å². The Balaban J connectivity index is 2.69. The molecule has 0 saturated carbocycles. The Bertz CT molecular complexity index is 159. The summed E-state index contributed by atoms with van der Waals surface area (Å²) in [6.45, 7) is 1.02. The maximum Gasteiger partial charge on any atom is 0.0577 e. The van der Waals surface area contributed by atoms with Crippen molar-refractivity contribution in [1.82, 2.24) is 4.98 Å². The molecule has 0 fully saturated rings. The molecule has 2 rings (SSSR count). The van der Waals surface area contributed by atoms with Crippen LogP contribution in [0.2, 0.25) is 0 Å². The topological polar surface area (TPSA) is 27.8 Å². The highest BCUT2D eigenvalue weighted by atomic mass is 15.0. The molecule has 1 aliphatic rings. The molecule has 0 bridgehead atoms. The Labute approximate surface area is 41.5 Å². The van der Waals surface area contributed by atoms with E-state index in [-0.39, 0.29) is 0 Å². The number of anilines is 1. The lowest BCUT2D eigenvalue weighted by atomic mass is 10.2. The van der Waals surface area contributed by atoms with E-state index in [2.05, 4.69) is 10.3 Å². The first kappa shape index (κ1) is 3.13. The number of hydrogen-bond acceptors (Lipinski definition) is 1. The van der Waals surface area contributed by atoms with Gasteiger partial charge in [-0.2, -0.15) is 0 Å². The van der Waals surface area contributed by atoms with Crippen molar-refractivity contribution < 1.29 is 0 Å². The monoisotopic (exact) mass is 94.1 g/mol. The molecule has 1 aromatic heterocycles. The molecule has 36 valence electrons. The van der Waals surface area contributed by atoms with Gasteiger partial charge in [-0.25, -0.2) is 0 Å². The predicted molar refractivity (Wildman–Crippen MR) is 28.1 cm³/mol. The molecular formula is C5H6N2. The first-order chi connectivity index (χ1) is 3.47. The zero-order valence-corrected chi connectivity index (χ0v) is 3.86. The molecule has 2 heterocycles. The van der Waals surface area contributed by atoms with Crippen LogP contribution in [-0.4, -0.2) is 4.98 Å². The summed E-state index contributed by atoms with van der Waals surface area (Å²) in [5.74, 6) is 0. The van der Waals surface area contributed by atoms with Gasteiger partial charge < -0.3 is 10.3 Å². The summed E-state index contributed by atoms with van der Waals surface area (Å²) in [6, 6.07) is 2.04. The van der Waals surface area contributed by atoms with Crippen LogP contribution >= 0.6 is 0 Å². The number of hydrogen-bond donors (Lipinski definition) is 2. The van der Waals surface area contributed by atoms with Crippen LogP contribution in [-0.2, 0) is 6.54 Å². The molecule has 1 aliphatic heterocycles. The van der Waals surface area contributed by atoms with Crippen molar-refractivity contribution >= 4 is 5.69 Å². The van der Waals surface area contributed by atoms with Gasteiger partial charge in [0.1, 0.15) is 0 Å². The van der Waals surface area contributed by atoms with Crippen LogP contribution in [0.3, 0.4) is 0 Å². The smallest absolute Gasteiger partial charge is 0.0577 e. The fourth-order valence-corrected chi connectivity index (χ4v) is 0.793. The van der Waals surface area contributed by atoms with Gasteiger partial charge in [0.15, 0.2) is 0 Å². The lowest BCUT2D eigenvalue weighted by molar-refractivity contribution is 0.999. The molecule has 0 radical (unpaired) electrons. The summed E-state index contributed by atoms with van der Waals surface area (Å²) < 4.78 is 0. The van der Waals surface area contributed by atoms with E-state index >= 15 is 0 Å². The average molecular weight is 94.1 g/mol. The maximum atomic E-state index is 3.14. The first-order valence-corrected chi connectivity index (χ1v) is 2.37. The van der Waals surface area contributed by atoms with Gasteiger partial charge in [0.05, 0.1) is 17.9 Å². The maximum absolute atomic E-state index is 3.14. The van der Waals surface area contributed by atoms with E-state index in [1.54, 1.807) is 0 Å². The van der Waals surface area contributed by atoms with Crippen LogP contribution in [0.1, 0.15) is 5.69 Å². The van der Waals surface area contributed by atoms with Gasteiger partial charge in [-0.3, -0.25) is 0 Å². The molecule has 0 spiro atoms. The second-order valence-electron chi connectivity index (χ2n) is 1.72. The van der Waals surface area contributed by atoms with Crippen LogP contribution in [0.4, 0.5) is 5.69 Å². The molecule has 0 aliphatic carbocycles. The Hall–Kier alpha value is -0.920. The second-order valence-corrected chi connectivity index (χ2v) is 1.72. The fourth-order valence-electron chi connectivity index (χ4n) is 0.793. The van der Waals surface area contributed by atoms with Crippen molar-refractivity contribution in [2.45, 2.75) is 6.54 Å². The van der Waals surface area contributed by atoms with Crippen LogP contribution in [0.5, 0.6) is 0 Å². The zero-order valence-electron chi connectivity index (χ0n) is 3.86. The molecule has 0 unspecified atom stereocenters. The van der Waals surface area contributed by atoms with E-state index in [1.165, 1.54) is 11.4 Å². The average Bonchev–Trinajstić information content (AvgIpc) is 1.85. The van der Waals surface area contributed by atoms with Crippen molar-refractivity contribution in [3.8, 4) is 0 Å². The molecule has 0 atom stereocenters. The number of aromatic nitrogens is 1. The number of rotatable bonds is 0. The highest BCUT2D eigenvalue weighted by Gasteiger charge is 2.09. The highest BCUT2D eigenvalue weighted by Crippen LogP contribution is 2.22. The summed E-state index contributed by atoms with van der Waals surface area (Å²) in [5.41, 5.74) is 2.60. The third-order valence-electron chi connectivity index (χ3n) is 1.29. The third kappa shape index (κ3) is 0.243. The van der Waals surface area contributed by atoms with Gasteiger partial charge in [-0.15, -0.1) is 0 Å². The number of nitrogens with one attached hydrogen (secondary N) is 2. The largest absolute Gasteiger partial charge is 0.378 e. The quantitative estimate of drug-likeness (QED) is 0.492. The van der Waals surface area contributed by atoms with Gasteiger partial charge in [0, 0.05) is 6.20 Å². The van der Waals surface area contributed by atoms with Crippen LogP contribution in [0.25, 0.3) is 0 Å². The minimum absolute atomic E-state index is 1.02. The standard InChI is InChI=1S/C5H6N2/c1-2-6-5-3-7-4(1)5/h1-2,6-7H,3H2. The van der Waals surface area contributed by atoms with Crippen molar-refractivity contribution in [2.24, 2.45) is 0 Å². The van der Waals surface area contributed by atoms with Crippen LogP contribution < -0.4 is 5.32 Å². The number of fused-ring (bicyclic) bond motifs is 1. The minimum Gasteiger partial charge on any atom is -0.378 e. The van der Waals surface area contributed by atoms with E-state index in [0.29, 0.717) is 0 Å². The summed E-state index contributed by atoms with van der Waals surface area (Å²) in [7, 11) is 0. The van der Waals surface area contributed by atoms with E-state index in [0.717, 1.165) is 6.54 Å². The summed E-state index contributed by atoms with van der Waals surface area (Å²) in [6.07, 6.45) is 1.95. The molecular weight excluding hydrogens is 88.1 g/mol. The van der Waals surface area contributed by atoms with Gasteiger partial charge in [0.25, 0.3) is 0 Å². The molecule has 0 saturated heterocycles. The van der Waals surface area contributed by atoms with E-state index in [9.17, 15) is 0 Å². The minimum atomic E-state index is 1.02. The lowest BCUT2D eigenvalue weighted by Crippen LogP contribution is -2.11. The molecule has 0 amide bonds. The lowest BCUT2D eigenvalue weighted by Gasteiger charge is -2.14. The Morgan fingerprint density at radius 3 is 2.86 bits per heavy atom. The summed E-state index contributed by atoms with van der Waals surface area (Å²) in [5, 5.41) is 3.14. The first-order valence-electron chi connectivity index (χ1n) is 2.37. The van der Waals surface area contributed by atoms with Crippen LogP contribution in [0, 0.1) is 0 Å². The third-order valence-corrected chi connectivity index (χ3v) is 1.29. The van der Waals surface area contributed by atoms with E-state index in [1.807, 2.05) is 12.3 Å². The fraction of sp³-hybridized carbons (Fsp3) is 0.200. The number of H-pyrrole nitrogens is 1. The second kappa shape index (κ2) is 0.832. The van der Waals surface area contributed by atoms with Crippen LogP contribution in [0.15, 0.2) is 12.3 Å². The molecule has 2 heteroatoms. The van der Waals surface area contributed by atoms with Crippen molar-refractivity contribution in [1.29, 1.82) is 0 Å². The van der Waals surface area contributed by atoms with Gasteiger partial charge in [-0.1, -0.05) is 0 Å². The normalized spacial score (nSPS) is 14.3. The molecule has 0 aromatic carbocycles. The Morgan fingerprint density at radius 2 is 2.57 bits per heavy atom. The molecule has 7 heavy (non-hydrogen) atoms. The Kier molecular flexibility index (Phi) is 0.372. The summed E-state index contributed by atoms with van der Waals surface area (Å²) in [4.78, 5) is 3.09. The number of aromatic amines is 1. The van der Waals surface area contributed by atoms with Crippen molar-refractivity contribution in [3.05, 3.63) is 18.0 Å². The SMILES string of the molecule is c1cc2c([nH]1)CN2. The molecule has 1 aromatic rings. The van der Waals surface area contributed by atoms with E-state index in [4.69, 9.17) is 0 Å². The van der Waals surface area contributed by atoms with Gasteiger partial charge in [-0.05, 0) is 6.07 Å². The zero-order chi connectivity index (χ0) is 4.69. The summed E-state index contributed by atoms with van der Waals surface area (Å²) >= 11 is 0. The molecule has 2 nitrogen and oxygen atoms in total. The Morgan fingerprint density at radius 1 is 1.57 bits per heavy atom. The van der Waals surface area contributed by atoms with Crippen molar-refractivity contribution in [3.63, 3.8) is 0 Å². The van der Waals surface area contributed by atoms with Crippen molar-refractivity contribution in [2.75, 3.05) is 5.32 Å². The van der Waals surface area contributed by atoms with E-state index < -0.39 is 0 Å². The molecule has 2 N–H and O–H groups in total.